The van der Waals surface area contributed by atoms with Crippen LogP contribution < -0.4 is 0 Å². The number of carboxylic acids is 6. The number of rotatable bonds is 35. The molecule has 0 aliphatic carbocycles. The second kappa shape index (κ2) is 42.1. The van der Waals surface area contributed by atoms with Crippen LogP contribution in [0.5, 0.6) is 23.0 Å². The van der Waals surface area contributed by atoms with E-state index in [4.69, 9.17) is 15.3 Å². The summed E-state index contributed by atoms with van der Waals surface area (Å²) in [5.41, 5.74) is 12.9. The predicted octanol–water partition coefficient (Wildman–Crippen LogP) is 21.9. The number of para-hydroxylation sites is 6. The van der Waals surface area contributed by atoms with Crippen molar-refractivity contribution in [3.8, 4) is 67.5 Å². The Morgan fingerprint density at radius 1 is 0.294 bits per heavy atom. The van der Waals surface area contributed by atoms with Crippen LogP contribution in [0.1, 0.15) is 193 Å². The van der Waals surface area contributed by atoms with E-state index in [0.717, 1.165) is 161 Å². The van der Waals surface area contributed by atoms with Gasteiger partial charge in [0.25, 0.3) is 0 Å². The summed E-state index contributed by atoms with van der Waals surface area (Å²) in [7, 11) is 0. The summed E-state index contributed by atoms with van der Waals surface area (Å²) in [5.74, 6) is -9.43. The number of H-pyrrole nitrogens is 6. The minimum atomic E-state index is -1.22. The third-order valence-corrected chi connectivity index (χ3v) is 28.3. The van der Waals surface area contributed by atoms with E-state index >= 15 is 0 Å². The van der Waals surface area contributed by atoms with E-state index in [0.29, 0.717) is 93.8 Å². The fraction of sp³-hybridized carbons (Fsp3) is 0.173. The molecule has 0 saturated heterocycles. The molecule has 10 aromatic heterocycles. The number of aryl methyl sites for hydroxylation is 4. The van der Waals surface area contributed by atoms with E-state index in [1.165, 1.54) is 0 Å². The number of fused-ring (bicyclic) bond motifs is 6. The van der Waals surface area contributed by atoms with Crippen molar-refractivity contribution >= 4 is 170 Å². The number of aromatic carboxylic acids is 4. The molecule has 0 spiro atoms. The summed E-state index contributed by atoms with van der Waals surface area (Å²) in [6, 6.07) is 54.6. The maximum absolute atomic E-state index is 13.6. The molecule has 0 radical (unpaired) electrons. The maximum atomic E-state index is 13.6. The molecule has 0 aliphatic rings. The standard InChI is InChI=1S/C27H22N2O6S.C27H24N2O5S.C25H21NO6S.C25H23NO5S/c30-20(31)11-4-1-6-14-7-5-9-16-18(13-29-22(14)16)23(32)26-24(33)21(25(36-26)27(34)35)17-12-28-19-10-3-2-8-15(17)19;30-12-5-1-2-7-15-8-6-10-17-19(14-29-22(15)17)23(31)26-24(32)21(25(35-26)27(33)34)18-13-28-20-11-4-3-9-16(18)20;27-18(28)12-5-4-9-15-10-6-11-16-17(13-26-20(15)16)21(29)24-22(30)19(23(33-24)25(31)32)14-7-2-1-3-8-14;1-14(13-27)10-11-16-8-5-9-17-18(12-26-20(16)17)21(28)24-22(29)19(23(32-24)25(30)31)15-6-3-2-4-7-15/h2-3,5,7-10,12-13,28-29,33H,1,4,6,11H2,(H,30,31)(H,34,35);3-4,6,8-11,13-14,28-30,32H,1-2,5,7,12H2,(H,33,34);1-3,6-8,10-11,13,26,30H,4-5,9,12H2,(H,27,28)(H,31,32);2-9,12,14,26-27,29H,10-11,13H2,1H3,(H,30,31). The van der Waals surface area contributed by atoms with E-state index in [1.807, 2.05) is 116 Å². The molecule has 18 aromatic rings. The maximum Gasteiger partial charge on any atom is 0.346 e. The van der Waals surface area contributed by atoms with Crippen molar-refractivity contribution in [3.05, 3.63) is 303 Å². The first-order valence-corrected chi connectivity index (χ1v) is 46.7. The SMILES string of the molecule is CC(CO)CCc1cccc2c(C(=O)c3sc(C(=O)O)c(-c4ccccc4)c3O)c[nH]c12.O=C(O)CCCCc1cccc2c(C(=O)c3sc(C(=O)O)c(-c4c[nH]c5ccccc45)c3O)c[nH]c12.O=C(O)CCCCc1cccc2c(C(=O)c3sc(C(=O)O)c(-c4ccccc4)c3O)c[nH]c12.O=C(O)c1sc(C(=O)c2c[nH]c3c(CCCCCO)cccc23)c(O)c1-c1c[nH]c2ccccc12. The summed E-state index contributed by atoms with van der Waals surface area (Å²) in [6.45, 7) is 2.28. The Balaban J connectivity index is 0.000000138. The number of aliphatic hydroxyl groups excluding tert-OH is 2. The van der Waals surface area contributed by atoms with Crippen LogP contribution in [0.3, 0.4) is 0 Å². The number of aromatic amines is 6. The molecular weight excluding hydrogens is 1810 g/mol. The zero-order valence-corrected chi connectivity index (χ0v) is 76.0. The minimum absolute atomic E-state index is 0.00135. The van der Waals surface area contributed by atoms with Gasteiger partial charge in [-0.05, 0) is 122 Å². The van der Waals surface area contributed by atoms with Gasteiger partial charge in [-0.25, -0.2) is 19.2 Å². The number of aliphatic hydroxyl groups is 2. The molecule has 8 aromatic carbocycles. The largest absolute Gasteiger partial charge is 0.506 e. The number of aromatic nitrogens is 6. The van der Waals surface area contributed by atoms with Gasteiger partial charge in [-0.1, -0.05) is 183 Å². The number of carbonyl (C=O) groups is 10. The van der Waals surface area contributed by atoms with Crippen LogP contribution in [0.2, 0.25) is 0 Å². The van der Waals surface area contributed by atoms with Gasteiger partial charge < -0.3 is 91.2 Å². The highest BCUT2D eigenvalue weighted by Gasteiger charge is 2.36. The lowest BCUT2D eigenvalue weighted by atomic mass is 9.98. The summed E-state index contributed by atoms with van der Waals surface area (Å²) in [6.07, 6.45) is 18.6. The van der Waals surface area contributed by atoms with E-state index in [2.05, 4.69) is 29.9 Å². The lowest BCUT2D eigenvalue weighted by Crippen LogP contribution is -2.02. The molecule has 1 unspecified atom stereocenters. The summed E-state index contributed by atoms with van der Waals surface area (Å²) in [5, 5.41) is 123. The van der Waals surface area contributed by atoms with Crippen LogP contribution in [-0.2, 0) is 35.3 Å². The number of carbonyl (C=O) groups excluding carboxylic acids is 4. The number of carboxylic acid groups (broad SMARTS) is 6. The fourth-order valence-corrected chi connectivity index (χ4v) is 21.0. The Morgan fingerprint density at radius 3 is 0.890 bits per heavy atom. The number of ketones is 4. The average Bonchev–Trinajstić information content (AvgIpc) is 1.61. The van der Waals surface area contributed by atoms with Gasteiger partial charge in [0.1, 0.15) is 62.0 Å². The Hall–Kier alpha value is -15.6. The van der Waals surface area contributed by atoms with Gasteiger partial charge >= 0.3 is 35.8 Å². The number of unbranched alkanes of at least 4 members (excludes halogenated alkanes) is 4. The molecule has 0 aliphatic heterocycles. The van der Waals surface area contributed by atoms with Crippen LogP contribution in [0.15, 0.2) is 219 Å². The molecule has 32 heteroatoms. The molecule has 136 heavy (non-hydrogen) atoms. The summed E-state index contributed by atoms with van der Waals surface area (Å²) < 4.78 is 0. The molecule has 692 valence electrons. The Morgan fingerprint density at radius 2 is 0.581 bits per heavy atom. The number of aromatic hydroxyl groups is 4. The van der Waals surface area contributed by atoms with Gasteiger partial charge in [-0.15, -0.1) is 45.3 Å². The first kappa shape index (κ1) is 95.0. The predicted molar refractivity (Wildman–Crippen MR) is 524 cm³/mol. The lowest BCUT2D eigenvalue weighted by Gasteiger charge is -2.08. The van der Waals surface area contributed by atoms with Crippen LogP contribution in [-0.4, -0.2) is 163 Å². The molecule has 18 rings (SSSR count). The third-order valence-electron chi connectivity index (χ3n) is 23.7. The zero-order chi connectivity index (χ0) is 96.3. The molecule has 0 saturated carbocycles. The van der Waals surface area contributed by atoms with Crippen molar-refractivity contribution in [3.63, 3.8) is 0 Å². The van der Waals surface area contributed by atoms with Crippen molar-refractivity contribution in [1.82, 2.24) is 29.9 Å². The van der Waals surface area contributed by atoms with Gasteiger partial charge in [0.2, 0.25) is 23.1 Å². The zero-order valence-electron chi connectivity index (χ0n) is 72.8. The Bertz CT molecular complexity index is 7620. The third kappa shape index (κ3) is 19.8. The van der Waals surface area contributed by atoms with Crippen molar-refractivity contribution in [2.45, 2.75) is 96.8 Å². The van der Waals surface area contributed by atoms with Crippen molar-refractivity contribution in [2.24, 2.45) is 5.92 Å². The van der Waals surface area contributed by atoms with Crippen LogP contribution in [0.25, 0.3) is 110 Å². The molecule has 0 amide bonds. The first-order valence-electron chi connectivity index (χ1n) is 43.5. The molecule has 28 nitrogen and oxygen atoms in total. The number of aliphatic carboxylic acids is 2. The Kier molecular flexibility index (Phi) is 29.4. The second-order valence-corrected chi connectivity index (χ2v) is 36.5. The number of hydrogen-bond donors (Lipinski definition) is 18. The highest BCUT2D eigenvalue weighted by atomic mass is 32.1. The molecule has 1 atom stereocenters. The minimum Gasteiger partial charge on any atom is -0.506 e. The monoisotopic (exact) mass is 1900 g/mol. The molecule has 0 fully saturated rings. The fourth-order valence-electron chi connectivity index (χ4n) is 16.9. The van der Waals surface area contributed by atoms with Crippen LogP contribution in [0, 0.1) is 5.92 Å². The van der Waals surface area contributed by atoms with Gasteiger partial charge in [0, 0.05) is 173 Å². The first-order chi connectivity index (χ1) is 65.7. The van der Waals surface area contributed by atoms with E-state index in [1.54, 1.807) is 110 Å². The molecule has 10 heterocycles. The lowest BCUT2D eigenvalue weighted by molar-refractivity contribution is -0.138. The summed E-state index contributed by atoms with van der Waals surface area (Å²) >= 11 is 3.09. The van der Waals surface area contributed by atoms with Gasteiger partial charge in [-0.3, -0.25) is 28.8 Å². The molecule has 0 bridgehead atoms. The van der Waals surface area contributed by atoms with Crippen molar-refractivity contribution in [2.75, 3.05) is 13.2 Å². The van der Waals surface area contributed by atoms with Gasteiger partial charge in [0.15, 0.2) is 0 Å². The normalized spacial score (nSPS) is 11.5. The van der Waals surface area contributed by atoms with E-state index < -0.39 is 58.9 Å². The topological polar surface area (TPSA) is 508 Å². The highest BCUT2D eigenvalue weighted by Crippen LogP contribution is 2.50. The highest BCUT2D eigenvalue weighted by molar-refractivity contribution is 7.18. The van der Waals surface area contributed by atoms with Crippen LogP contribution in [0.4, 0.5) is 0 Å². The molecular formula is C104H90N6O22S4. The Labute approximate surface area is 789 Å². The molecule has 18 N–H and O–H groups in total. The average molecular weight is 1900 g/mol. The number of thiophene rings is 4. The van der Waals surface area contributed by atoms with Gasteiger partial charge in [-0.2, -0.15) is 0 Å². The number of benzene rings is 8. The van der Waals surface area contributed by atoms with E-state index in [9.17, 15) is 93.9 Å². The quantitative estimate of drug-likeness (QED) is 0.0130. The summed E-state index contributed by atoms with van der Waals surface area (Å²) in [4.78, 5) is 142. The number of hydrogen-bond acceptors (Lipinski definition) is 20. The van der Waals surface area contributed by atoms with Crippen LogP contribution >= 0.6 is 45.3 Å². The van der Waals surface area contributed by atoms with Crippen molar-refractivity contribution < 1.29 is 109 Å². The second-order valence-electron chi connectivity index (χ2n) is 32.4. The van der Waals surface area contributed by atoms with E-state index in [-0.39, 0.29) is 116 Å². The van der Waals surface area contributed by atoms with Gasteiger partial charge in [0.05, 0.1) is 11.1 Å². The van der Waals surface area contributed by atoms with Crippen molar-refractivity contribution in [1.29, 1.82) is 0 Å². The number of nitrogens with one attached hydrogen (secondary N) is 6. The smallest absolute Gasteiger partial charge is 0.346 e.